The van der Waals surface area contributed by atoms with Crippen LogP contribution in [0.4, 0.5) is 0 Å². The molecule has 6 nitrogen and oxygen atoms in total. The van der Waals surface area contributed by atoms with Crippen LogP contribution in [-0.4, -0.2) is 45.6 Å². The lowest BCUT2D eigenvalue weighted by atomic mass is 9.93. The van der Waals surface area contributed by atoms with E-state index in [0.717, 1.165) is 30.5 Å². The zero-order valence-electron chi connectivity index (χ0n) is 12.9. The minimum atomic E-state index is 0.360. The van der Waals surface area contributed by atoms with Crippen LogP contribution in [0.15, 0.2) is 29.4 Å². The molecule has 21 heavy (non-hydrogen) atoms. The van der Waals surface area contributed by atoms with Gasteiger partial charge >= 0.3 is 0 Å². The Balaban J connectivity index is 1.69. The number of hydrogen-bond acceptors (Lipinski definition) is 3. The fourth-order valence-electron chi connectivity index (χ4n) is 2.80. The molecule has 112 valence electrons. The van der Waals surface area contributed by atoms with Crippen LogP contribution in [0.3, 0.4) is 0 Å². The fraction of sp³-hybridized carbons (Fsp3) is 0.533. The second-order valence-corrected chi connectivity index (χ2v) is 6.28. The van der Waals surface area contributed by atoms with Crippen LogP contribution in [0.1, 0.15) is 26.1 Å². The number of aliphatic imine (C=N–C) groups is 1. The minimum Gasteiger partial charge on any atom is -0.349 e. The lowest BCUT2D eigenvalue weighted by molar-refractivity contribution is 0.370. The molecule has 0 bridgehead atoms. The summed E-state index contributed by atoms with van der Waals surface area (Å²) < 4.78 is 1.99. The standard InChI is InChI=1S/C15H22N6/c1-15(2)7-9-20(11-15)14(16-3)17-10-13-19-18-12-6-4-5-8-21(12)13/h4-6,8H,7,9-11H2,1-3H3,(H,16,17). The first-order valence-corrected chi connectivity index (χ1v) is 7.33. The van der Waals surface area contributed by atoms with Crippen molar-refractivity contribution in [2.45, 2.75) is 26.8 Å². The van der Waals surface area contributed by atoms with Crippen molar-refractivity contribution in [3.63, 3.8) is 0 Å². The van der Waals surface area contributed by atoms with Crippen LogP contribution in [-0.2, 0) is 6.54 Å². The molecule has 0 unspecified atom stereocenters. The van der Waals surface area contributed by atoms with Gasteiger partial charge in [-0.1, -0.05) is 19.9 Å². The van der Waals surface area contributed by atoms with Gasteiger partial charge in [0.15, 0.2) is 17.4 Å². The molecule has 2 aromatic heterocycles. The van der Waals surface area contributed by atoms with Gasteiger partial charge in [-0.25, -0.2) is 0 Å². The number of rotatable bonds is 2. The molecule has 1 aliphatic rings. The van der Waals surface area contributed by atoms with Crippen LogP contribution in [0.25, 0.3) is 5.65 Å². The summed E-state index contributed by atoms with van der Waals surface area (Å²) in [7, 11) is 1.83. The zero-order chi connectivity index (χ0) is 14.9. The van der Waals surface area contributed by atoms with E-state index in [4.69, 9.17) is 0 Å². The summed E-state index contributed by atoms with van der Waals surface area (Å²) in [4.78, 5) is 6.70. The first kappa shape index (κ1) is 13.9. The van der Waals surface area contributed by atoms with E-state index in [2.05, 4.69) is 39.3 Å². The first-order chi connectivity index (χ1) is 10.1. The van der Waals surface area contributed by atoms with E-state index < -0.39 is 0 Å². The second-order valence-electron chi connectivity index (χ2n) is 6.28. The smallest absolute Gasteiger partial charge is 0.194 e. The molecule has 3 rings (SSSR count). The van der Waals surface area contributed by atoms with E-state index in [1.807, 2.05) is 35.8 Å². The summed E-state index contributed by atoms with van der Waals surface area (Å²) in [5, 5.41) is 11.8. The fourth-order valence-corrected chi connectivity index (χ4v) is 2.80. The summed E-state index contributed by atoms with van der Waals surface area (Å²) in [6, 6.07) is 5.90. The number of hydrogen-bond donors (Lipinski definition) is 1. The van der Waals surface area contributed by atoms with E-state index >= 15 is 0 Å². The highest BCUT2D eigenvalue weighted by Gasteiger charge is 2.30. The molecular weight excluding hydrogens is 264 g/mol. The third-order valence-electron chi connectivity index (χ3n) is 3.98. The van der Waals surface area contributed by atoms with Crippen molar-refractivity contribution >= 4 is 11.6 Å². The molecule has 2 aromatic rings. The third-order valence-corrected chi connectivity index (χ3v) is 3.98. The Bertz CT molecular complexity index is 657. The summed E-state index contributed by atoms with van der Waals surface area (Å²) in [6.07, 6.45) is 3.18. The van der Waals surface area contributed by atoms with Crippen molar-refractivity contribution < 1.29 is 0 Å². The quantitative estimate of drug-likeness (QED) is 0.672. The lowest BCUT2D eigenvalue weighted by Gasteiger charge is -2.23. The van der Waals surface area contributed by atoms with E-state index in [1.165, 1.54) is 6.42 Å². The van der Waals surface area contributed by atoms with Crippen molar-refractivity contribution in [3.05, 3.63) is 30.2 Å². The number of fused-ring (bicyclic) bond motifs is 1. The van der Waals surface area contributed by atoms with E-state index in [1.54, 1.807) is 0 Å². The number of likely N-dealkylation sites (tertiary alicyclic amines) is 1. The van der Waals surface area contributed by atoms with Gasteiger partial charge in [-0.05, 0) is 24.0 Å². The van der Waals surface area contributed by atoms with Gasteiger partial charge in [0.05, 0.1) is 6.54 Å². The Morgan fingerprint density at radius 1 is 1.38 bits per heavy atom. The number of nitrogens with one attached hydrogen (secondary N) is 1. The second kappa shape index (κ2) is 5.35. The number of pyridine rings is 1. The number of aromatic nitrogens is 3. The average Bonchev–Trinajstić information content (AvgIpc) is 3.04. The van der Waals surface area contributed by atoms with Gasteiger partial charge in [0, 0.05) is 26.3 Å². The van der Waals surface area contributed by atoms with Gasteiger partial charge in [0.25, 0.3) is 0 Å². The third kappa shape index (κ3) is 2.84. The topological polar surface area (TPSA) is 57.8 Å². The lowest BCUT2D eigenvalue weighted by Crippen LogP contribution is -2.40. The molecule has 1 N–H and O–H groups in total. The van der Waals surface area contributed by atoms with Crippen LogP contribution >= 0.6 is 0 Å². The predicted octanol–water partition coefficient (Wildman–Crippen LogP) is 1.54. The van der Waals surface area contributed by atoms with Crippen molar-refractivity contribution in [2.75, 3.05) is 20.1 Å². The molecule has 0 radical (unpaired) electrons. The van der Waals surface area contributed by atoms with Crippen LogP contribution in [0.5, 0.6) is 0 Å². The van der Waals surface area contributed by atoms with Crippen LogP contribution in [0, 0.1) is 5.41 Å². The average molecular weight is 286 g/mol. The highest BCUT2D eigenvalue weighted by atomic mass is 15.3. The molecule has 0 amide bonds. The largest absolute Gasteiger partial charge is 0.349 e. The molecule has 6 heteroatoms. The normalized spacial score (nSPS) is 18.4. The monoisotopic (exact) mass is 286 g/mol. The highest BCUT2D eigenvalue weighted by Crippen LogP contribution is 2.28. The Hall–Kier alpha value is -2.11. The summed E-state index contributed by atoms with van der Waals surface area (Å²) >= 11 is 0. The van der Waals surface area contributed by atoms with Gasteiger partial charge in [-0.15, -0.1) is 10.2 Å². The maximum atomic E-state index is 4.39. The van der Waals surface area contributed by atoms with Crippen molar-refractivity contribution in [3.8, 4) is 0 Å². The summed E-state index contributed by atoms with van der Waals surface area (Å²) in [5.74, 6) is 1.83. The molecule has 1 aliphatic heterocycles. The van der Waals surface area contributed by atoms with Gasteiger partial charge in [0.2, 0.25) is 0 Å². The van der Waals surface area contributed by atoms with Crippen molar-refractivity contribution in [2.24, 2.45) is 10.4 Å². The van der Waals surface area contributed by atoms with Gasteiger partial charge in [-0.2, -0.15) is 0 Å². The molecule has 1 fully saturated rings. The number of nitrogens with zero attached hydrogens (tertiary/aromatic N) is 5. The molecule has 0 aromatic carbocycles. The Labute approximate surface area is 124 Å². The molecule has 0 spiro atoms. The van der Waals surface area contributed by atoms with E-state index in [9.17, 15) is 0 Å². The minimum absolute atomic E-state index is 0.360. The Kier molecular flexibility index (Phi) is 3.53. The Morgan fingerprint density at radius 2 is 2.24 bits per heavy atom. The van der Waals surface area contributed by atoms with E-state index in [-0.39, 0.29) is 0 Å². The van der Waals surface area contributed by atoms with Gasteiger partial charge in [-0.3, -0.25) is 9.39 Å². The van der Waals surface area contributed by atoms with E-state index in [0.29, 0.717) is 12.0 Å². The summed E-state index contributed by atoms with van der Waals surface area (Å²) in [5.41, 5.74) is 1.23. The summed E-state index contributed by atoms with van der Waals surface area (Å²) in [6.45, 7) is 7.30. The molecule has 0 atom stereocenters. The maximum absolute atomic E-state index is 4.39. The predicted molar refractivity (Wildman–Crippen MR) is 83.2 cm³/mol. The Morgan fingerprint density at radius 3 is 2.95 bits per heavy atom. The molecule has 0 saturated carbocycles. The SMILES string of the molecule is CN=C(NCc1nnc2ccccn12)N1CCC(C)(C)C1. The highest BCUT2D eigenvalue weighted by molar-refractivity contribution is 5.80. The molecule has 1 saturated heterocycles. The van der Waals surface area contributed by atoms with Crippen molar-refractivity contribution in [1.29, 1.82) is 0 Å². The van der Waals surface area contributed by atoms with Gasteiger partial charge in [0.1, 0.15) is 0 Å². The number of guanidine groups is 1. The maximum Gasteiger partial charge on any atom is 0.194 e. The van der Waals surface area contributed by atoms with Gasteiger partial charge < -0.3 is 10.2 Å². The van der Waals surface area contributed by atoms with Crippen LogP contribution < -0.4 is 5.32 Å². The molecule has 0 aliphatic carbocycles. The van der Waals surface area contributed by atoms with Crippen molar-refractivity contribution in [1.82, 2.24) is 24.8 Å². The molecule has 3 heterocycles. The first-order valence-electron chi connectivity index (χ1n) is 7.33. The van der Waals surface area contributed by atoms with Crippen LogP contribution in [0.2, 0.25) is 0 Å². The molecular formula is C15H22N6. The zero-order valence-corrected chi connectivity index (χ0v) is 12.9.